The fourth-order valence-electron chi connectivity index (χ4n) is 7.61. The molecular formula is C36H33NO2Si2. The molecule has 202 valence electrons. The normalized spacial score (nSPS) is 13.6. The maximum atomic E-state index is 14.6. The van der Waals surface area contributed by atoms with Crippen LogP contribution in [0.5, 0.6) is 0 Å². The first-order chi connectivity index (χ1) is 19.3. The molecule has 0 aliphatic rings. The van der Waals surface area contributed by atoms with Crippen LogP contribution in [0.15, 0.2) is 64.2 Å². The molecule has 8 rings (SSSR count). The van der Waals surface area contributed by atoms with Gasteiger partial charge in [0.1, 0.15) is 0 Å². The number of benzene rings is 6. The zero-order valence-electron chi connectivity index (χ0n) is 25.0. The Morgan fingerprint density at radius 2 is 0.976 bits per heavy atom. The average molecular weight is 568 g/mol. The molecule has 41 heavy (non-hydrogen) atoms. The molecular weight excluding hydrogens is 535 g/mol. The van der Waals surface area contributed by atoms with E-state index >= 15 is 0 Å². The molecule has 0 bridgehead atoms. The van der Waals surface area contributed by atoms with Crippen molar-refractivity contribution in [2.24, 2.45) is 0 Å². The summed E-state index contributed by atoms with van der Waals surface area (Å²) in [6.45, 7) is 18.2. The van der Waals surface area contributed by atoms with E-state index in [-0.39, 0.29) is 11.1 Å². The van der Waals surface area contributed by atoms with E-state index in [2.05, 4.69) is 75.7 Å². The zero-order valence-corrected chi connectivity index (χ0v) is 27.0. The lowest BCUT2D eigenvalue weighted by Crippen LogP contribution is -2.38. The Morgan fingerprint density at radius 1 is 0.512 bits per heavy atom. The van der Waals surface area contributed by atoms with Crippen molar-refractivity contribution in [3.8, 4) is 5.69 Å². The summed E-state index contributed by atoms with van der Waals surface area (Å²) in [6, 6.07) is 19.7. The molecule has 3 nitrogen and oxygen atoms in total. The summed E-state index contributed by atoms with van der Waals surface area (Å²) >= 11 is 0. The number of aromatic nitrogens is 1. The second kappa shape index (κ2) is 7.52. The molecule has 0 amide bonds. The van der Waals surface area contributed by atoms with Gasteiger partial charge in [0.05, 0.1) is 32.6 Å². The smallest absolute Gasteiger partial charge is 0.266 e. The Kier molecular flexibility index (Phi) is 4.58. The average Bonchev–Trinajstić information content (AvgIpc) is 3.39. The first-order valence-electron chi connectivity index (χ1n) is 14.5. The maximum Gasteiger partial charge on any atom is 0.266 e. The van der Waals surface area contributed by atoms with Crippen molar-refractivity contribution in [2.45, 2.75) is 53.1 Å². The van der Waals surface area contributed by atoms with Gasteiger partial charge in [0, 0.05) is 0 Å². The predicted molar refractivity (Wildman–Crippen MR) is 184 cm³/mol. The van der Waals surface area contributed by atoms with Crippen molar-refractivity contribution in [3.63, 3.8) is 0 Å². The Hall–Kier alpha value is -3.81. The molecule has 0 aliphatic carbocycles. The van der Waals surface area contributed by atoms with Gasteiger partial charge in [-0.25, -0.2) is 4.57 Å². The first kappa shape index (κ1) is 24.9. The van der Waals surface area contributed by atoms with Crippen LogP contribution in [0.25, 0.3) is 70.3 Å². The van der Waals surface area contributed by atoms with E-state index in [0.29, 0.717) is 16.5 Å². The highest BCUT2D eigenvalue weighted by Crippen LogP contribution is 2.49. The number of hydrogen-bond donors (Lipinski definition) is 0. The third kappa shape index (κ3) is 2.98. The number of aryl methyl sites for hydroxylation is 2. The van der Waals surface area contributed by atoms with Crippen LogP contribution in [0.2, 0.25) is 39.3 Å². The minimum atomic E-state index is -1.82. The monoisotopic (exact) mass is 567 g/mol. The number of hydrogen-bond acceptors (Lipinski definition) is 2. The second-order valence-corrected chi connectivity index (χ2v) is 24.3. The number of rotatable bonds is 3. The van der Waals surface area contributed by atoms with Crippen LogP contribution in [0, 0.1) is 13.8 Å². The fourth-order valence-corrected chi connectivity index (χ4v) is 10.8. The summed E-state index contributed by atoms with van der Waals surface area (Å²) in [4.78, 5) is 29.2. The molecule has 0 fully saturated rings. The quantitative estimate of drug-likeness (QED) is 0.163. The molecule has 0 atom stereocenters. The van der Waals surface area contributed by atoms with E-state index < -0.39 is 16.1 Å². The zero-order chi connectivity index (χ0) is 28.9. The van der Waals surface area contributed by atoms with Crippen molar-refractivity contribution >= 4 is 91.2 Å². The van der Waals surface area contributed by atoms with Crippen LogP contribution < -0.4 is 21.5 Å². The lowest BCUT2D eigenvalue weighted by molar-refractivity contribution is 0.976. The van der Waals surface area contributed by atoms with Gasteiger partial charge < -0.3 is 0 Å². The third-order valence-corrected chi connectivity index (χ3v) is 13.5. The minimum absolute atomic E-state index is 0.195. The first-order valence-corrected chi connectivity index (χ1v) is 21.5. The van der Waals surface area contributed by atoms with Gasteiger partial charge in [0.15, 0.2) is 0 Å². The molecule has 0 saturated heterocycles. The van der Waals surface area contributed by atoms with E-state index in [1.54, 1.807) is 0 Å². The molecule has 0 unspecified atom stereocenters. The molecule has 0 N–H and O–H groups in total. The van der Waals surface area contributed by atoms with Crippen LogP contribution in [0.3, 0.4) is 0 Å². The van der Waals surface area contributed by atoms with Gasteiger partial charge in [0.25, 0.3) is 11.1 Å². The van der Waals surface area contributed by atoms with E-state index in [0.717, 1.165) is 21.9 Å². The molecule has 5 heteroatoms. The summed E-state index contributed by atoms with van der Waals surface area (Å²) in [5.74, 6) is 0. The summed E-state index contributed by atoms with van der Waals surface area (Å²) in [6.07, 6.45) is 0. The highest BCUT2D eigenvalue weighted by molar-refractivity contribution is 6.91. The van der Waals surface area contributed by atoms with Crippen molar-refractivity contribution in [3.05, 3.63) is 86.4 Å². The van der Waals surface area contributed by atoms with Gasteiger partial charge >= 0.3 is 0 Å². The molecule has 1 aromatic heterocycles. The standard InChI is InChI=1S/C36H33NO2Si2/c1-18-9-10-19(2)25(15-18)37-35(38)33-23-16-26(40(3,4)5)21-13-11-20-12-14-22-27(41(6,7)8)17-24(34(33)36(37)39)32-30(22)28(20)29(21)31(23)32/h9-17H,1-8H3. The number of nitrogens with zero attached hydrogens (tertiary/aromatic N) is 1. The van der Waals surface area contributed by atoms with Crippen molar-refractivity contribution in [1.29, 1.82) is 0 Å². The van der Waals surface area contributed by atoms with Crippen molar-refractivity contribution in [1.82, 2.24) is 4.57 Å². The van der Waals surface area contributed by atoms with Crippen LogP contribution in [0.1, 0.15) is 11.1 Å². The lowest BCUT2D eigenvalue weighted by atomic mass is 9.95. The van der Waals surface area contributed by atoms with Gasteiger partial charge in [-0.1, -0.05) is 98.2 Å². The summed E-state index contributed by atoms with van der Waals surface area (Å²) in [5, 5.41) is 15.8. The molecule has 1 heterocycles. The summed E-state index contributed by atoms with van der Waals surface area (Å²) < 4.78 is 1.46. The van der Waals surface area contributed by atoms with E-state index in [1.807, 2.05) is 32.0 Å². The number of fused-ring (bicyclic) bond motifs is 3. The Labute approximate surface area is 240 Å². The van der Waals surface area contributed by atoms with E-state index in [9.17, 15) is 9.59 Å². The maximum absolute atomic E-state index is 14.6. The van der Waals surface area contributed by atoms with Gasteiger partial charge in [0.2, 0.25) is 0 Å². The van der Waals surface area contributed by atoms with Gasteiger partial charge in [-0.2, -0.15) is 0 Å². The predicted octanol–water partition coefficient (Wildman–Crippen LogP) is 7.58. The molecule has 0 radical (unpaired) electrons. The van der Waals surface area contributed by atoms with Crippen LogP contribution in [0.4, 0.5) is 0 Å². The molecule has 0 aliphatic heterocycles. The fraction of sp³-hybridized carbons (Fsp3) is 0.222. The molecule has 0 saturated carbocycles. The second-order valence-electron chi connectivity index (χ2n) is 14.3. The van der Waals surface area contributed by atoms with E-state index in [1.165, 1.54) is 58.0 Å². The SMILES string of the molecule is Cc1ccc(C)c(-n2c(=O)c3c4cc([Si](C)(C)C)c5ccc6ccc7c([Si](C)(C)C)cc(c3c2=O)c2c7c6c5c42)c1. The molecule has 0 spiro atoms. The molecule has 8 aromatic rings. The minimum Gasteiger partial charge on any atom is -0.268 e. The van der Waals surface area contributed by atoms with Crippen molar-refractivity contribution in [2.75, 3.05) is 0 Å². The van der Waals surface area contributed by atoms with Crippen LogP contribution in [-0.4, -0.2) is 20.7 Å². The highest BCUT2D eigenvalue weighted by Gasteiger charge is 2.32. The molecule has 7 aromatic carbocycles. The van der Waals surface area contributed by atoms with Crippen LogP contribution in [-0.2, 0) is 0 Å². The van der Waals surface area contributed by atoms with Crippen LogP contribution >= 0.6 is 0 Å². The van der Waals surface area contributed by atoms with E-state index in [4.69, 9.17) is 0 Å². The summed E-state index contributed by atoms with van der Waals surface area (Å²) in [5.41, 5.74) is 2.26. The topological polar surface area (TPSA) is 39.1 Å². The van der Waals surface area contributed by atoms with Crippen molar-refractivity contribution < 1.29 is 0 Å². The van der Waals surface area contributed by atoms with Gasteiger partial charge in [-0.05, 0) is 84.9 Å². The Balaban J connectivity index is 1.77. The lowest BCUT2D eigenvalue weighted by Gasteiger charge is -2.21. The van der Waals surface area contributed by atoms with Gasteiger partial charge in [-0.3, -0.25) is 9.59 Å². The largest absolute Gasteiger partial charge is 0.268 e. The van der Waals surface area contributed by atoms with Gasteiger partial charge in [-0.15, -0.1) is 0 Å². The summed E-state index contributed by atoms with van der Waals surface area (Å²) in [7, 11) is -3.65. The highest BCUT2D eigenvalue weighted by atomic mass is 28.3. The Bertz CT molecular complexity index is 2350. The third-order valence-electron chi connectivity index (χ3n) is 9.48. The Morgan fingerprint density at radius 3 is 1.44 bits per heavy atom.